The molecule has 0 amide bonds. The molecule has 0 saturated heterocycles. The molecule has 78 valence electrons. The van der Waals surface area contributed by atoms with Crippen LogP contribution in [-0.2, 0) is 6.54 Å². The van der Waals surface area contributed by atoms with Crippen LogP contribution in [-0.4, -0.2) is 10.1 Å². The minimum atomic E-state index is -0.605. The largest absolute Gasteiger partial charge is 0.382 e. The number of aliphatic hydroxyl groups excluding tert-OH is 1. The van der Waals surface area contributed by atoms with Gasteiger partial charge in [-0.15, -0.1) is 0 Å². The SMILES string of the molecule is NCc1cccc(C(O)c2ccc[nH]2)c1. The molecule has 4 N–H and O–H groups in total. The average molecular weight is 202 g/mol. The van der Waals surface area contributed by atoms with E-state index in [0.29, 0.717) is 6.54 Å². The van der Waals surface area contributed by atoms with Crippen molar-refractivity contribution in [3.63, 3.8) is 0 Å². The smallest absolute Gasteiger partial charge is 0.119 e. The van der Waals surface area contributed by atoms with E-state index in [4.69, 9.17) is 5.73 Å². The highest BCUT2D eigenvalue weighted by atomic mass is 16.3. The van der Waals surface area contributed by atoms with E-state index < -0.39 is 6.10 Å². The van der Waals surface area contributed by atoms with Crippen molar-refractivity contribution >= 4 is 0 Å². The molecule has 3 heteroatoms. The third kappa shape index (κ3) is 2.09. The van der Waals surface area contributed by atoms with Crippen LogP contribution in [0.15, 0.2) is 42.6 Å². The monoisotopic (exact) mass is 202 g/mol. The lowest BCUT2D eigenvalue weighted by atomic mass is 10.0. The highest BCUT2D eigenvalue weighted by Crippen LogP contribution is 2.20. The number of H-pyrrole nitrogens is 1. The van der Waals surface area contributed by atoms with Crippen molar-refractivity contribution in [2.45, 2.75) is 12.6 Å². The number of nitrogens with one attached hydrogen (secondary N) is 1. The predicted molar refractivity (Wildman–Crippen MR) is 59.2 cm³/mol. The van der Waals surface area contributed by atoms with Gasteiger partial charge in [-0.3, -0.25) is 0 Å². The van der Waals surface area contributed by atoms with E-state index in [1.54, 1.807) is 6.20 Å². The Balaban J connectivity index is 2.29. The summed E-state index contributed by atoms with van der Waals surface area (Å²) in [6.45, 7) is 0.491. The summed E-state index contributed by atoms with van der Waals surface area (Å²) in [5, 5.41) is 10.0. The van der Waals surface area contributed by atoms with E-state index in [-0.39, 0.29) is 0 Å². The van der Waals surface area contributed by atoms with Crippen molar-refractivity contribution in [3.05, 3.63) is 59.4 Å². The van der Waals surface area contributed by atoms with Gasteiger partial charge in [0, 0.05) is 18.4 Å². The molecule has 2 aromatic rings. The third-order valence-corrected chi connectivity index (χ3v) is 2.42. The molecule has 0 aliphatic carbocycles. The second kappa shape index (κ2) is 4.29. The first-order chi connectivity index (χ1) is 7.31. The van der Waals surface area contributed by atoms with E-state index in [0.717, 1.165) is 16.8 Å². The number of rotatable bonds is 3. The Bertz CT molecular complexity index is 423. The molecule has 3 nitrogen and oxygen atoms in total. The number of nitrogens with two attached hydrogens (primary N) is 1. The topological polar surface area (TPSA) is 62.0 Å². The molecule has 1 aromatic carbocycles. The van der Waals surface area contributed by atoms with Crippen LogP contribution in [0.2, 0.25) is 0 Å². The average Bonchev–Trinajstić information content (AvgIpc) is 2.81. The zero-order valence-corrected chi connectivity index (χ0v) is 8.35. The maximum Gasteiger partial charge on any atom is 0.119 e. The van der Waals surface area contributed by atoms with Gasteiger partial charge in [0.05, 0.1) is 0 Å². The Morgan fingerprint density at radius 3 is 2.80 bits per heavy atom. The van der Waals surface area contributed by atoms with E-state index in [1.165, 1.54) is 0 Å². The lowest BCUT2D eigenvalue weighted by Crippen LogP contribution is -2.02. The van der Waals surface area contributed by atoms with Crippen LogP contribution in [0.3, 0.4) is 0 Å². The lowest BCUT2D eigenvalue weighted by Gasteiger charge is -2.10. The number of aromatic amines is 1. The number of hydrogen-bond donors (Lipinski definition) is 3. The quantitative estimate of drug-likeness (QED) is 0.707. The summed E-state index contributed by atoms with van der Waals surface area (Å²) in [5.41, 5.74) is 8.23. The van der Waals surface area contributed by atoms with Gasteiger partial charge in [0.15, 0.2) is 0 Å². The first kappa shape index (κ1) is 9.96. The molecule has 1 aromatic heterocycles. The summed E-state index contributed by atoms with van der Waals surface area (Å²) in [6.07, 6.45) is 1.19. The fourth-order valence-corrected chi connectivity index (χ4v) is 1.58. The van der Waals surface area contributed by atoms with Crippen LogP contribution in [0, 0.1) is 0 Å². The molecule has 0 aliphatic rings. The van der Waals surface area contributed by atoms with Crippen molar-refractivity contribution in [1.82, 2.24) is 4.98 Å². The standard InChI is InChI=1S/C12H14N2O/c13-8-9-3-1-4-10(7-9)12(15)11-5-2-6-14-11/h1-7,12,14-15H,8,13H2. The zero-order chi connectivity index (χ0) is 10.7. The van der Waals surface area contributed by atoms with Gasteiger partial charge in [0.2, 0.25) is 0 Å². The minimum absolute atomic E-state index is 0.491. The van der Waals surface area contributed by atoms with E-state index >= 15 is 0 Å². The molecular formula is C12H14N2O. The molecule has 0 radical (unpaired) electrons. The Labute approximate surface area is 88.6 Å². The Kier molecular flexibility index (Phi) is 2.85. The van der Waals surface area contributed by atoms with Crippen molar-refractivity contribution in [3.8, 4) is 0 Å². The zero-order valence-electron chi connectivity index (χ0n) is 8.35. The van der Waals surface area contributed by atoms with Crippen LogP contribution in [0.25, 0.3) is 0 Å². The molecule has 2 rings (SSSR count). The summed E-state index contributed by atoms with van der Waals surface area (Å²) in [6, 6.07) is 11.4. The molecule has 0 aliphatic heterocycles. The van der Waals surface area contributed by atoms with Gasteiger partial charge in [-0.1, -0.05) is 24.3 Å². The number of aliphatic hydroxyl groups is 1. The van der Waals surface area contributed by atoms with Crippen LogP contribution < -0.4 is 5.73 Å². The van der Waals surface area contributed by atoms with E-state index in [1.807, 2.05) is 36.4 Å². The van der Waals surface area contributed by atoms with Gasteiger partial charge in [-0.2, -0.15) is 0 Å². The van der Waals surface area contributed by atoms with Gasteiger partial charge >= 0.3 is 0 Å². The Hall–Kier alpha value is -1.58. The van der Waals surface area contributed by atoms with Crippen LogP contribution in [0.1, 0.15) is 22.9 Å². The van der Waals surface area contributed by atoms with Crippen molar-refractivity contribution in [1.29, 1.82) is 0 Å². The Morgan fingerprint density at radius 2 is 2.13 bits per heavy atom. The lowest BCUT2D eigenvalue weighted by molar-refractivity contribution is 0.216. The molecule has 0 spiro atoms. The highest BCUT2D eigenvalue weighted by molar-refractivity contribution is 5.29. The van der Waals surface area contributed by atoms with Crippen LogP contribution in [0.4, 0.5) is 0 Å². The minimum Gasteiger partial charge on any atom is -0.382 e. The Morgan fingerprint density at radius 1 is 1.27 bits per heavy atom. The van der Waals surface area contributed by atoms with Crippen LogP contribution >= 0.6 is 0 Å². The fraction of sp³-hybridized carbons (Fsp3) is 0.167. The van der Waals surface area contributed by atoms with Gasteiger partial charge in [-0.25, -0.2) is 0 Å². The van der Waals surface area contributed by atoms with Crippen molar-refractivity contribution in [2.24, 2.45) is 5.73 Å². The number of aromatic nitrogens is 1. The fourth-order valence-electron chi connectivity index (χ4n) is 1.58. The first-order valence-electron chi connectivity index (χ1n) is 4.91. The normalized spacial score (nSPS) is 12.7. The predicted octanol–water partition coefficient (Wildman–Crippen LogP) is 1.56. The molecule has 1 heterocycles. The summed E-state index contributed by atoms with van der Waals surface area (Å²) >= 11 is 0. The molecule has 0 saturated carbocycles. The molecule has 1 unspecified atom stereocenters. The van der Waals surface area contributed by atoms with Gasteiger partial charge < -0.3 is 15.8 Å². The summed E-state index contributed by atoms with van der Waals surface area (Å²) in [4.78, 5) is 2.99. The number of benzene rings is 1. The molecule has 1 atom stereocenters. The third-order valence-electron chi connectivity index (χ3n) is 2.42. The van der Waals surface area contributed by atoms with E-state index in [2.05, 4.69) is 4.98 Å². The maximum atomic E-state index is 10.0. The summed E-state index contributed by atoms with van der Waals surface area (Å²) in [5.74, 6) is 0. The van der Waals surface area contributed by atoms with E-state index in [9.17, 15) is 5.11 Å². The highest BCUT2D eigenvalue weighted by Gasteiger charge is 2.10. The van der Waals surface area contributed by atoms with Gasteiger partial charge in [0.25, 0.3) is 0 Å². The van der Waals surface area contributed by atoms with Crippen molar-refractivity contribution in [2.75, 3.05) is 0 Å². The van der Waals surface area contributed by atoms with Gasteiger partial charge in [-0.05, 0) is 23.3 Å². The van der Waals surface area contributed by atoms with Crippen molar-refractivity contribution < 1.29 is 5.11 Å². The molecule has 15 heavy (non-hydrogen) atoms. The molecular weight excluding hydrogens is 188 g/mol. The number of hydrogen-bond acceptors (Lipinski definition) is 2. The van der Waals surface area contributed by atoms with Gasteiger partial charge in [0.1, 0.15) is 6.10 Å². The maximum absolute atomic E-state index is 10.0. The second-order valence-electron chi connectivity index (χ2n) is 3.48. The molecule has 0 bridgehead atoms. The molecule has 0 fully saturated rings. The first-order valence-corrected chi connectivity index (χ1v) is 4.91. The summed E-state index contributed by atoms with van der Waals surface area (Å²) < 4.78 is 0. The summed E-state index contributed by atoms with van der Waals surface area (Å²) in [7, 11) is 0. The van der Waals surface area contributed by atoms with Crippen LogP contribution in [0.5, 0.6) is 0 Å². The second-order valence-corrected chi connectivity index (χ2v) is 3.48.